The van der Waals surface area contributed by atoms with Gasteiger partial charge in [-0.05, 0) is 58.5 Å². The normalized spacial score (nSPS) is 18.6. The Kier molecular flexibility index (Phi) is 9.19. The monoisotopic (exact) mass is 589 g/mol. The Labute approximate surface area is 240 Å². The molecule has 0 spiro atoms. The number of amides is 1. The van der Waals surface area contributed by atoms with Gasteiger partial charge in [-0.3, -0.25) is 9.59 Å². The standard InChI is InChI=1S/C29H23Cl4NO4/c30-23-8-6-18(13-25(23)32)10-20-15-34(28(36)22(29(37)38)12-17-4-2-1-3-5-17)16-21(27(20)35)11-19-7-9-24(31)26(33)14-19/h1-11,13-14,22,27,35H,12,15-16H2,(H,37,38)/b20-10+,21-11+. The number of halogens is 4. The molecule has 1 aliphatic heterocycles. The van der Waals surface area contributed by atoms with Gasteiger partial charge in [0.2, 0.25) is 5.91 Å². The second-order valence-corrected chi connectivity index (χ2v) is 10.6. The first-order chi connectivity index (χ1) is 18.1. The second-order valence-electron chi connectivity index (χ2n) is 8.96. The minimum Gasteiger partial charge on any atom is -0.481 e. The zero-order valence-corrected chi connectivity index (χ0v) is 23.0. The molecule has 1 aliphatic rings. The van der Waals surface area contributed by atoms with E-state index >= 15 is 0 Å². The first kappa shape index (κ1) is 28.2. The molecule has 1 saturated heterocycles. The zero-order valence-electron chi connectivity index (χ0n) is 20.0. The SMILES string of the molecule is O=C(O)C(Cc1ccccc1)C(=O)N1C/C(=C\c2ccc(Cl)c(Cl)c2)C(O)/C(=C/c2ccc(Cl)c(Cl)c2)C1. The molecule has 1 fully saturated rings. The Balaban J connectivity index is 1.72. The van der Waals surface area contributed by atoms with Crippen LogP contribution in [0.1, 0.15) is 16.7 Å². The molecule has 196 valence electrons. The molecule has 1 atom stereocenters. The van der Waals surface area contributed by atoms with E-state index in [0.717, 1.165) is 5.56 Å². The second kappa shape index (κ2) is 12.4. The van der Waals surface area contributed by atoms with Crippen LogP contribution in [-0.4, -0.2) is 46.2 Å². The van der Waals surface area contributed by atoms with Crippen molar-refractivity contribution in [2.24, 2.45) is 5.92 Å². The molecule has 38 heavy (non-hydrogen) atoms. The molecule has 0 aromatic heterocycles. The van der Waals surface area contributed by atoms with Crippen LogP contribution in [0, 0.1) is 5.92 Å². The van der Waals surface area contributed by atoms with Crippen molar-refractivity contribution >= 4 is 70.4 Å². The number of piperidine rings is 1. The molecule has 2 N–H and O–H groups in total. The van der Waals surface area contributed by atoms with E-state index in [4.69, 9.17) is 46.4 Å². The number of benzene rings is 3. The molecule has 0 saturated carbocycles. The van der Waals surface area contributed by atoms with Crippen molar-refractivity contribution < 1.29 is 19.8 Å². The van der Waals surface area contributed by atoms with Gasteiger partial charge in [-0.15, -0.1) is 0 Å². The van der Waals surface area contributed by atoms with Crippen LogP contribution in [0.5, 0.6) is 0 Å². The summed E-state index contributed by atoms with van der Waals surface area (Å²) in [6.07, 6.45) is 2.47. The average Bonchev–Trinajstić information content (AvgIpc) is 2.89. The molecule has 3 aromatic carbocycles. The number of rotatable bonds is 6. The van der Waals surface area contributed by atoms with Crippen LogP contribution in [0.4, 0.5) is 0 Å². The lowest BCUT2D eigenvalue weighted by molar-refractivity contribution is -0.151. The van der Waals surface area contributed by atoms with Crippen LogP contribution >= 0.6 is 46.4 Å². The lowest BCUT2D eigenvalue weighted by Gasteiger charge is -2.35. The number of nitrogens with zero attached hydrogens (tertiary/aromatic N) is 1. The molecule has 1 amide bonds. The van der Waals surface area contributed by atoms with Gasteiger partial charge in [-0.2, -0.15) is 0 Å². The summed E-state index contributed by atoms with van der Waals surface area (Å²) in [7, 11) is 0. The van der Waals surface area contributed by atoms with Crippen LogP contribution in [0.25, 0.3) is 12.2 Å². The summed E-state index contributed by atoms with van der Waals surface area (Å²) in [6.45, 7) is 0.0784. The molecule has 1 heterocycles. The Morgan fingerprint density at radius 2 is 1.32 bits per heavy atom. The lowest BCUT2D eigenvalue weighted by atomic mass is 9.90. The smallest absolute Gasteiger partial charge is 0.316 e. The summed E-state index contributed by atoms with van der Waals surface area (Å²) in [5, 5.41) is 22.7. The molecule has 0 radical (unpaired) electrons. The van der Waals surface area contributed by atoms with Crippen molar-refractivity contribution in [3.8, 4) is 0 Å². The Bertz CT molecular complexity index is 1350. The van der Waals surface area contributed by atoms with E-state index in [-0.39, 0.29) is 19.5 Å². The van der Waals surface area contributed by atoms with Crippen LogP contribution < -0.4 is 0 Å². The summed E-state index contributed by atoms with van der Waals surface area (Å²) in [6, 6.07) is 19.1. The number of aliphatic carboxylic acids is 1. The topological polar surface area (TPSA) is 77.8 Å². The molecule has 1 unspecified atom stereocenters. The van der Waals surface area contributed by atoms with Crippen molar-refractivity contribution in [3.63, 3.8) is 0 Å². The molecule has 5 nitrogen and oxygen atoms in total. The molecule has 9 heteroatoms. The number of aliphatic hydroxyl groups is 1. The van der Waals surface area contributed by atoms with Gasteiger partial charge in [-0.25, -0.2) is 0 Å². The highest BCUT2D eigenvalue weighted by Crippen LogP contribution is 2.30. The molecule has 0 bridgehead atoms. The van der Waals surface area contributed by atoms with Gasteiger partial charge >= 0.3 is 5.97 Å². The van der Waals surface area contributed by atoms with E-state index in [2.05, 4.69) is 0 Å². The molecule has 3 aromatic rings. The number of carboxylic acids is 1. The number of hydrogen-bond acceptors (Lipinski definition) is 3. The van der Waals surface area contributed by atoms with Crippen molar-refractivity contribution in [3.05, 3.63) is 115 Å². The van der Waals surface area contributed by atoms with Crippen LogP contribution in [0.2, 0.25) is 20.1 Å². The number of carboxylic acid groups (broad SMARTS) is 1. The average molecular weight is 591 g/mol. The number of aliphatic hydroxyl groups excluding tert-OH is 1. The van der Waals surface area contributed by atoms with E-state index < -0.39 is 23.9 Å². The van der Waals surface area contributed by atoms with Gasteiger partial charge in [0.1, 0.15) is 12.0 Å². The maximum absolute atomic E-state index is 13.6. The molecule has 4 rings (SSSR count). The van der Waals surface area contributed by atoms with Crippen LogP contribution in [0.3, 0.4) is 0 Å². The van der Waals surface area contributed by atoms with E-state index in [0.29, 0.717) is 42.4 Å². The first-order valence-corrected chi connectivity index (χ1v) is 13.2. The van der Waals surface area contributed by atoms with E-state index in [9.17, 15) is 19.8 Å². The summed E-state index contributed by atoms with van der Waals surface area (Å²) in [5.41, 5.74) is 3.09. The fraction of sp³-hybridized carbons (Fsp3) is 0.172. The third-order valence-corrected chi connectivity index (χ3v) is 7.71. The predicted molar refractivity (Wildman–Crippen MR) is 153 cm³/mol. The Hall–Kier alpha value is -2.80. The predicted octanol–water partition coefficient (Wildman–Crippen LogP) is 6.91. The maximum atomic E-state index is 13.6. The fourth-order valence-corrected chi connectivity index (χ4v) is 4.91. The van der Waals surface area contributed by atoms with Crippen molar-refractivity contribution in [2.75, 3.05) is 13.1 Å². The van der Waals surface area contributed by atoms with Crippen LogP contribution in [0.15, 0.2) is 77.9 Å². The van der Waals surface area contributed by atoms with Gasteiger partial charge < -0.3 is 15.1 Å². The van der Waals surface area contributed by atoms with Gasteiger partial charge in [-0.1, -0.05) is 101 Å². The Morgan fingerprint density at radius 3 is 1.76 bits per heavy atom. The van der Waals surface area contributed by atoms with Crippen molar-refractivity contribution in [1.29, 1.82) is 0 Å². The van der Waals surface area contributed by atoms with Crippen LogP contribution in [-0.2, 0) is 16.0 Å². The Morgan fingerprint density at radius 1 is 0.816 bits per heavy atom. The minimum atomic E-state index is -1.29. The number of carbonyl (C=O) groups excluding carboxylic acids is 1. The van der Waals surface area contributed by atoms with Gasteiger partial charge in [0.15, 0.2) is 0 Å². The highest BCUT2D eigenvalue weighted by Gasteiger charge is 2.36. The summed E-state index contributed by atoms with van der Waals surface area (Å²) in [5.74, 6) is -3.05. The van der Waals surface area contributed by atoms with E-state index in [1.807, 2.05) is 6.07 Å². The maximum Gasteiger partial charge on any atom is 0.316 e. The lowest BCUT2D eigenvalue weighted by Crippen LogP contribution is -2.47. The van der Waals surface area contributed by atoms with E-state index in [1.54, 1.807) is 72.8 Å². The third kappa shape index (κ3) is 6.79. The number of likely N-dealkylation sites (tertiary alicyclic amines) is 1. The van der Waals surface area contributed by atoms with Crippen molar-refractivity contribution in [1.82, 2.24) is 4.90 Å². The van der Waals surface area contributed by atoms with Gasteiger partial charge in [0, 0.05) is 13.1 Å². The number of carbonyl (C=O) groups is 2. The van der Waals surface area contributed by atoms with Gasteiger partial charge in [0.05, 0.1) is 20.1 Å². The van der Waals surface area contributed by atoms with E-state index in [1.165, 1.54) is 4.90 Å². The highest BCUT2D eigenvalue weighted by molar-refractivity contribution is 6.42. The zero-order chi connectivity index (χ0) is 27.4. The first-order valence-electron chi connectivity index (χ1n) is 11.7. The summed E-state index contributed by atoms with van der Waals surface area (Å²) < 4.78 is 0. The summed E-state index contributed by atoms with van der Waals surface area (Å²) >= 11 is 24.4. The summed E-state index contributed by atoms with van der Waals surface area (Å²) in [4.78, 5) is 27.2. The molecular weight excluding hydrogens is 568 g/mol. The largest absolute Gasteiger partial charge is 0.481 e. The highest BCUT2D eigenvalue weighted by atomic mass is 35.5. The van der Waals surface area contributed by atoms with Gasteiger partial charge in [0.25, 0.3) is 0 Å². The third-order valence-electron chi connectivity index (χ3n) is 6.23. The van der Waals surface area contributed by atoms with Crippen molar-refractivity contribution in [2.45, 2.75) is 12.5 Å². The fourth-order valence-electron chi connectivity index (χ4n) is 4.30. The quantitative estimate of drug-likeness (QED) is 0.306. The minimum absolute atomic E-state index is 0.0392. The molecular formula is C29H23Cl4NO4. The molecule has 0 aliphatic carbocycles. The number of hydrogen-bond donors (Lipinski definition) is 2.